The Morgan fingerprint density at radius 3 is 2.33 bits per heavy atom. The molecule has 0 saturated carbocycles. The summed E-state index contributed by atoms with van der Waals surface area (Å²) in [7, 11) is -2.85. The third kappa shape index (κ3) is 3.90. The third-order valence-corrected chi connectivity index (χ3v) is 5.14. The van der Waals surface area contributed by atoms with E-state index in [1.807, 2.05) is 4.72 Å². The highest BCUT2D eigenvalue weighted by Crippen LogP contribution is 2.29. The highest BCUT2D eigenvalue weighted by molar-refractivity contribution is 7.90. The molecular weight excluding hydrogens is 385 g/mol. The maximum Gasteiger partial charge on any atom is 0.416 e. The number of benzene rings is 2. The molecule has 3 rings (SSSR count). The predicted octanol–water partition coefficient (Wildman–Crippen LogP) is 3.31. The van der Waals surface area contributed by atoms with Gasteiger partial charge in [-0.3, -0.25) is 4.79 Å². The molecule has 10 heteroatoms. The van der Waals surface area contributed by atoms with Gasteiger partial charge in [0.15, 0.2) is 0 Å². The summed E-state index contributed by atoms with van der Waals surface area (Å²) < 4.78 is 69.1. The van der Waals surface area contributed by atoms with Crippen LogP contribution in [0.4, 0.5) is 13.2 Å². The molecule has 0 unspecified atom stereocenters. The maximum atomic E-state index is 12.6. The molecule has 1 amide bonds. The van der Waals surface area contributed by atoms with Gasteiger partial charge in [0.05, 0.1) is 17.6 Å². The van der Waals surface area contributed by atoms with Crippen LogP contribution in [0.1, 0.15) is 16.1 Å². The number of ether oxygens (including phenoxy) is 1. The van der Waals surface area contributed by atoms with Crippen molar-refractivity contribution >= 4 is 26.8 Å². The number of hydrogen-bond acceptors (Lipinski definition) is 4. The molecule has 1 heterocycles. The zero-order valence-electron chi connectivity index (χ0n) is 13.8. The highest BCUT2D eigenvalue weighted by Gasteiger charge is 2.31. The van der Waals surface area contributed by atoms with E-state index >= 15 is 0 Å². The number of hydrogen-bond donors (Lipinski definition) is 2. The van der Waals surface area contributed by atoms with Crippen molar-refractivity contribution in [3.63, 3.8) is 0 Å². The predicted molar refractivity (Wildman–Crippen MR) is 90.9 cm³/mol. The number of rotatable bonds is 4. The lowest BCUT2D eigenvalue weighted by Crippen LogP contribution is -2.30. The molecule has 27 heavy (non-hydrogen) atoms. The van der Waals surface area contributed by atoms with Crippen molar-refractivity contribution in [3.8, 4) is 5.75 Å². The van der Waals surface area contributed by atoms with E-state index in [0.29, 0.717) is 28.8 Å². The number of nitrogens with one attached hydrogen (secondary N) is 2. The monoisotopic (exact) mass is 398 g/mol. The number of alkyl halides is 3. The van der Waals surface area contributed by atoms with Gasteiger partial charge in [-0.15, -0.1) is 0 Å². The second-order valence-electron chi connectivity index (χ2n) is 5.59. The number of aromatic amines is 1. The number of sulfonamides is 1. The maximum absolute atomic E-state index is 12.6. The van der Waals surface area contributed by atoms with Crippen molar-refractivity contribution in [1.29, 1.82) is 0 Å². The van der Waals surface area contributed by atoms with Crippen molar-refractivity contribution in [3.05, 3.63) is 59.8 Å². The molecule has 0 aliphatic carbocycles. The Labute approximate surface area is 152 Å². The van der Waals surface area contributed by atoms with Crippen LogP contribution < -0.4 is 9.46 Å². The molecule has 0 atom stereocenters. The quantitative estimate of drug-likeness (QED) is 0.706. The van der Waals surface area contributed by atoms with Crippen molar-refractivity contribution in [2.75, 3.05) is 7.11 Å². The smallest absolute Gasteiger partial charge is 0.416 e. The van der Waals surface area contributed by atoms with Crippen LogP contribution in [0.15, 0.2) is 53.4 Å². The van der Waals surface area contributed by atoms with E-state index in [4.69, 9.17) is 4.74 Å². The summed E-state index contributed by atoms with van der Waals surface area (Å²) in [5.41, 5.74) is -0.418. The first-order valence-electron chi connectivity index (χ1n) is 7.51. The molecular formula is C17H13F3N2O4S. The number of halogens is 3. The van der Waals surface area contributed by atoms with Gasteiger partial charge < -0.3 is 9.72 Å². The Hall–Kier alpha value is -3.01. The van der Waals surface area contributed by atoms with E-state index in [2.05, 4.69) is 4.98 Å². The summed E-state index contributed by atoms with van der Waals surface area (Å²) in [6, 6.07) is 9.27. The van der Waals surface area contributed by atoms with E-state index in [1.165, 1.54) is 13.2 Å². The van der Waals surface area contributed by atoms with Gasteiger partial charge in [0, 0.05) is 10.9 Å². The van der Waals surface area contributed by atoms with Gasteiger partial charge in [-0.1, -0.05) is 0 Å². The minimum atomic E-state index is -4.59. The SMILES string of the molecule is COc1ccc2[nH]c(C(=O)NS(=O)(=O)c3ccc(C(F)(F)F)cc3)cc2c1. The number of methoxy groups -OCH3 is 1. The lowest BCUT2D eigenvalue weighted by molar-refractivity contribution is -0.137. The van der Waals surface area contributed by atoms with Crippen LogP contribution in [0.25, 0.3) is 10.9 Å². The molecule has 0 aliphatic rings. The summed E-state index contributed by atoms with van der Waals surface area (Å²) >= 11 is 0. The van der Waals surface area contributed by atoms with Crippen LogP contribution in [0.5, 0.6) is 5.75 Å². The Morgan fingerprint density at radius 2 is 1.74 bits per heavy atom. The standard InChI is InChI=1S/C17H13F3N2O4S/c1-26-12-4-7-14-10(8-12)9-15(21-14)16(23)22-27(24,25)13-5-2-11(3-6-13)17(18,19)20/h2-9,21H,1H3,(H,22,23). The minimum Gasteiger partial charge on any atom is -0.497 e. The molecule has 2 N–H and O–H groups in total. The zero-order chi connectivity index (χ0) is 19.8. The normalized spacial score (nSPS) is 12.1. The number of aromatic nitrogens is 1. The van der Waals surface area contributed by atoms with E-state index in [0.717, 1.165) is 12.1 Å². The molecule has 1 aromatic heterocycles. The lowest BCUT2D eigenvalue weighted by Gasteiger charge is -2.09. The molecule has 2 aromatic carbocycles. The van der Waals surface area contributed by atoms with E-state index < -0.39 is 32.6 Å². The van der Waals surface area contributed by atoms with Gasteiger partial charge in [0.25, 0.3) is 15.9 Å². The van der Waals surface area contributed by atoms with Crippen molar-refractivity contribution < 1.29 is 31.1 Å². The van der Waals surface area contributed by atoms with E-state index in [1.54, 1.807) is 18.2 Å². The van der Waals surface area contributed by atoms with Crippen LogP contribution in [0.3, 0.4) is 0 Å². The van der Waals surface area contributed by atoms with Crippen LogP contribution in [-0.2, 0) is 16.2 Å². The molecule has 0 fully saturated rings. The number of fused-ring (bicyclic) bond motifs is 1. The first-order valence-corrected chi connectivity index (χ1v) is 8.99. The van der Waals surface area contributed by atoms with Crippen molar-refractivity contribution in [2.24, 2.45) is 0 Å². The van der Waals surface area contributed by atoms with Crippen LogP contribution in [-0.4, -0.2) is 26.4 Å². The van der Waals surface area contributed by atoms with Crippen LogP contribution in [0.2, 0.25) is 0 Å². The summed E-state index contributed by atoms with van der Waals surface area (Å²) in [6.07, 6.45) is -4.59. The Balaban J connectivity index is 1.84. The fourth-order valence-corrected chi connectivity index (χ4v) is 3.39. The average Bonchev–Trinajstić information content (AvgIpc) is 3.04. The Kier molecular flexibility index (Phi) is 4.60. The molecule has 0 spiro atoms. The van der Waals surface area contributed by atoms with Gasteiger partial charge in [0.2, 0.25) is 0 Å². The number of H-pyrrole nitrogens is 1. The van der Waals surface area contributed by atoms with Crippen molar-refractivity contribution in [1.82, 2.24) is 9.71 Å². The Morgan fingerprint density at radius 1 is 1.07 bits per heavy atom. The van der Waals surface area contributed by atoms with Gasteiger partial charge in [-0.25, -0.2) is 13.1 Å². The largest absolute Gasteiger partial charge is 0.497 e. The molecule has 0 saturated heterocycles. The van der Waals surface area contributed by atoms with Gasteiger partial charge in [-0.2, -0.15) is 13.2 Å². The number of amides is 1. The molecule has 0 aliphatic heterocycles. The fourth-order valence-electron chi connectivity index (χ4n) is 2.42. The van der Waals surface area contributed by atoms with Crippen molar-refractivity contribution in [2.45, 2.75) is 11.1 Å². The summed E-state index contributed by atoms with van der Waals surface area (Å²) in [4.78, 5) is 14.6. The number of carbonyl (C=O) groups is 1. The highest BCUT2D eigenvalue weighted by atomic mass is 32.2. The summed E-state index contributed by atoms with van der Waals surface area (Å²) in [5, 5.41) is 0.631. The summed E-state index contributed by atoms with van der Waals surface area (Å²) in [6.45, 7) is 0. The third-order valence-electron chi connectivity index (χ3n) is 3.79. The van der Waals surface area contributed by atoms with E-state index in [9.17, 15) is 26.4 Å². The zero-order valence-corrected chi connectivity index (χ0v) is 14.6. The summed E-state index contributed by atoms with van der Waals surface area (Å²) in [5.74, 6) is -0.379. The molecule has 0 bridgehead atoms. The van der Waals surface area contributed by atoms with Gasteiger partial charge in [-0.05, 0) is 48.5 Å². The second kappa shape index (κ2) is 6.62. The van der Waals surface area contributed by atoms with Gasteiger partial charge >= 0.3 is 6.18 Å². The first-order chi connectivity index (χ1) is 12.6. The average molecular weight is 398 g/mol. The fraction of sp³-hybridized carbons (Fsp3) is 0.118. The Bertz CT molecular complexity index is 1100. The molecule has 0 radical (unpaired) electrons. The van der Waals surface area contributed by atoms with Gasteiger partial charge in [0.1, 0.15) is 11.4 Å². The minimum absolute atomic E-state index is 0.0197. The second-order valence-corrected chi connectivity index (χ2v) is 7.28. The molecule has 6 nitrogen and oxygen atoms in total. The molecule has 3 aromatic rings. The van der Waals surface area contributed by atoms with E-state index in [-0.39, 0.29) is 5.69 Å². The topological polar surface area (TPSA) is 88.3 Å². The number of carbonyl (C=O) groups excluding carboxylic acids is 1. The van der Waals surface area contributed by atoms with Crippen LogP contribution >= 0.6 is 0 Å². The lowest BCUT2D eigenvalue weighted by atomic mass is 10.2. The molecule has 142 valence electrons. The van der Waals surface area contributed by atoms with Crippen LogP contribution in [0, 0.1) is 0 Å². The first kappa shape index (κ1) is 18.8.